The third-order valence-electron chi connectivity index (χ3n) is 3.08. The van der Waals surface area contributed by atoms with Gasteiger partial charge < -0.3 is 5.32 Å². The summed E-state index contributed by atoms with van der Waals surface area (Å²) < 4.78 is 1.13. The summed E-state index contributed by atoms with van der Waals surface area (Å²) in [6, 6.07) is 0. The van der Waals surface area contributed by atoms with E-state index in [0.717, 1.165) is 23.8 Å². The Morgan fingerprint density at radius 3 is 2.47 bits per heavy atom. The number of alkyl halides is 1. The maximum atomic E-state index is 11.6. The van der Waals surface area contributed by atoms with Crippen LogP contribution in [0.4, 0.5) is 0 Å². The predicted molar refractivity (Wildman–Crippen MR) is 72.3 cm³/mol. The molecule has 1 aliphatic carbocycles. The van der Waals surface area contributed by atoms with E-state index in [2.05, 4.69) is 27.9 Å². The van der Waals surface area contributed by atoms with Crippen LogP contribution in [-0.4, -0.2) is 16.9 Å². The van der Waals surface area contributed by atoms with Crippen LogP contribution in [0.5, 0.6) is 0 Å². The van der Waals surface area contributed by atoms with Crippen molar-refractivity contribution in [1.29, 1.82) is 0 Å². The van der Waals surface area contributed by atoms with Gasteiger partial charge in [0.05, 0.1) is 0 Å². The molecule has 1 amide bonds. The number of hydrogen-bond donors (Lipinski definition) is 1. The molecule has 0 atom stereocenters. The van der Waals surface area contributed by atoms with E-state index in [1.54, 1.807) is 0 Å². The summed E-state index contributed by atoms with van der Waals surface area (Å²) in [4.78, 5) is 11.6. The van der Waals surface area contributed by atoms with E-state index in [9.17, 15) is 4.79 Å². The third kappa shape index (κ3) is 6.38. The van der Waals surface area contributed by atoms with Crippen molar-refractivity contribution >= 4 is 28.5 Å². The Bertz CT molecular complexity index is 176. The number of carbonyl (C=O) groups is 1. The summed E-state index contributed by atoms with van der Waals surface area (Å²) in [5, 5.41) is 3.01. The van der Waals surface area contributed by atoms with Crippen LogP contribution in [0.1, 0.15) is 51.4 Å². The van der Waals surface area contributed by atoms with E-state index in [4.69, 9.17) is 0 Å². The molecule has 0 unspecified atom stereocenters. The monoisotopic (exact) mass is 323 g/mol. The van der Waals surface area contributed by atoms with Gasteiger partial charge in [0.15, 0.2) is 0 Å². The lowest BCUT2D eigenvalue weighted by Gasteiger charge is -2.13. The lowest BCUT2D eigenvalue weighted by Crippen LogP contribution is -2.26. The van der Waals surface area contributed by atoms with Gasteiger partial charge in [0.2, 0.25) is 5.91 Å². The second kappa shape index (κ2) is 8.36. The van der Waals surface area contributed by atoms with Gasteiger partial charge in [-0.1, -0.05) is 48.3 Å². The summed E-state index contributed by atoms with van der Waals surface area (Å²) in [5.74, 6) is 0.929. The topological polar surface area (TPSA) is 29.1 Å². The van der Waals surface area contributed by atoms with E-state index in [1.165, 1.54) is 38.5 Å². The highest BCUT2D eigenvalue weighted by molar-refractivity contribution is 14.1. The Balaban J connectivity index is 2.12. The summed E-state index contributed by atoms with van der Waals surface area (Å²) in [7, 11) is 0. The Labute approximate surface area is 107 Å². The van der Waals surface area contributed by atoms with Crippen molar-refractivity contribution in [3.05, 3.63) is 0 Å². The molecule has 3 heteroatoms. The SMILES string of the molecule is O=C(CC1CCCCCC1)NCCCI. The van der Waals surface area contributed by atoms with Gasteiger partial charge >= 0.3 is 0 Å². The molecular weight excluding hydrogens is 301 g/mol. The van der Waals surface area contributed by atoms with Crippen LogP contribution in [0.25, 0.3) is 0 Å². The molecule has 88 valence electrons. The quantitative estimate of drug-likeness (QED) is 0.358. The molecule has 0 aromatic heterocycles. The molecule has 2 nitrogen and oxygen atoms in total. The summed E-state index contributed by atoms with van der Waals surface area (Å²) in [5.41, 5.74) is 0. The fourth-order valence-electron chi connectivity index (χ4n) is 2.20. The lowest BCUT2D eigenvalue weighted by molar-refractivity contribution is -0.122. The summed E-state index contributed by atoms with van der Waals surface area (Å²) in [6.45, 7) is 0.856. The molecule has 1 N–H and O–H groups in total. The molecule has 0 aliphatic heterocycles. The number of halogens is 1. The van der Waals surface area contributed by atoms with E-state index < -0.39 is 0 Å². The minimum Gasteiger partial charge on any atom is -0.356 e. The average Bonchev–Trinajstić information content (AvgIpc) is 2.47. The van der Waals surface area contributed by atoms with Crippen LogP contribution in [0, 0.1) is 5.92 Å². The lowest BCUT2D eigenvalue weighted by atomic mass is 9.96. The molecule has 0 radical (unpaired) electrons. The third-order valence-corrected chi connectivity index (χ3v) is 3.84. The fraction of sp³-hybridized carbons (Fsp3) is 0.917. The smallest absolute Gasteiger partial charge is 0.220 e. The van der Waals surface area contributed by atoms with Crippen molar-refractivity contribution in [2.45, 2.75) is 51.4 Å². The molecule has 15 heavy (non-hydrogen) atoms. The Kier molecular flexibility index (Phi) is 7.40. The van der Waals surface area contributed by atoms with Gasteiger partial charge in [-0.25, -0.2) is 0 Å². The number of amides is 1. The highest BCUT2D eigenvalue weighted by Crippen LogP contribution is 2.25. The zero-order chi connectivity index (χ0) is 10.9. The van der Waals surface area contributed by atoms with Gasteiger partial charge in [0.1, 0.15) is 0 Å². The minimum atomic E-state index is 0.270. The van der Waals surface area contributed by atoms with Crippen molar-refractivity contribution < 1.29 is 4.79 Å². The molecule has 0 aromatic carbocycles. The standard InChI is InChI=1S/C12H22INO/c13-8-5-9-14-12(15)10-11-6-3-1-2-4-7-11/h11H,1-10H2,(H,14,15). The number of hydrogen-bond acceptors (Lipinski definition) is 1. The highest BCUT2D eigenvalue weighted by Gasteiger charge is 2.15. The number of nitrogens with one attached hydrogen (secondary N) is 1. The minimum absolute atomic E-state index is 0.270. The Hall–Kier alpha value is 0.200. The van der Waals surface area contributed by atoms with Crippen LogP contribution < -0.4 is 5.32 Å². The Morgan fingerprint density at radius 2 is 1.87 bits per heavy atom. The van der Waals surface area contributed by atoms with Crippen molar-refractivity contribution in [1.82, 2.24) is 5.32 Å². The van der Waals surface area contributed by atoms with Crippen LogP contribution in [0.3, 0.4) is 0 Å². The summed E-state index contributed by atoms with van der Waals surface area (Å²) >= 11 is 2.34. The first-order valence-corrected chi connectivity index (χ1v) is 7.68. The van der Waals surface area contributed by atoms with Gasteiger partial charge in [-0.15, -0.1) is 0 Å². The van der Waals surface area contributed by atoms with E-state index >= 15 is 0 Å². The zero-order valence-electron chi connectivity index (χ0n) is 9.43. The van der Waals surface area contributed by atoms with Gasteiger partial charge in [-0.2, -0.15) is 0 Å². The van der Waals surface area contributed by atoms with Crippen LogP contribution in [0.2, 0.25) is 0 Å². The second-order valence-electron chi connectivity index (χ2n) is 4.45. The average molecular weight is 323 g/mol. The van der Waals surface area contributed by atoms with Gasteiger partial charge in [0.25, 0.3) is 0 Å². The van der Waals surface area contributed by atoms with Crippen molar-refractivity contribution in [2.75, 3.05) is 11.0 Å². The van der Waals surface area contributed by atoms with Gasteiger partial charge in [-0.3, -0.25) is 4.79 Å². The fourth-order valence-corrected chi connectivity index (χ4v) is 2.58. The largest absolute Gasteiger partial charge is 0.356 e. The molecule has 1 fully saturated rings. The molecule has 0 spiro atoms. The molecule has 0 bridgehead atoms. The maximum absolute atomic E-state index is 11.6. The highest BCUT2D eigenvalue weighted by atomic mass is 127. The molecule has 1 rings (SSSR count). The molecule has 0 aromatic rings. The molecule has 0 heterocycles. The van der Waals surface area contributed by atoms with Crippen molar-refractivity contribution in [3.63, 3.8) is 0 Å². The first-order chi connectivity index (χ1) is 7.33. The zero-order valence-corrected chi connectivity index (χ0v) is 11.6. The van der Waals surface area contributed by atoms with E-state index in [0.29, 0.717) is 5.92 Å². The van der Waals surface area contributed by atoms with Crippen LogP contribution in [0.15, 0.2) is 0 Å². The van der Waals surface area contributed by atoms with E-state index in [1.807, 2.05) is 0 Å². The molecule has 1 aliphatic rings. The first-order valence-electron chi connectivity index (χ1n) is 6.15. The Morgan fingerprint density at radius 1 is 1.20 bits per heavy atom. The maximum Gasteiger partial charge on any atom is 0.220 e. The predicted octanol–water partition coefficient (Wildman–Crippen LogP) is 3.29. The van der Waals surface area contributed by atoms with Crippen molar-refractivity contribution in [2.24, 2.45) is 5.92 Å². The first kappa shape index (κ1) is 13.3. The van der Waals surface area contributed by atoms with Crippen LogP contribution in [-0.2, 0) is 4.79 Å². The van der Waals surface area contributed by atoms with E-state index in [-0.39, 0.29) is 5.91 Å². The van der Waals surface area contributed by atoms with Crippen LogP contribution >= 0.6 is 22.6 Å². The second-order valence-corrected chi connectivity index (χ2v) is 5.53. The van der Waals surface area contributed by atoms with Gasteiger partial charge in [0, 0.05) is 17.4 Å². The molecule has 0 saturated heterocycles. The molecular formula is C12H22INO. The van der Waals surface area contributed by atoms with Gasteiger partial charge in [-0.05, 0) is 25.2 Å². The number of rotatable bonds is 5. The van der Waals surface area contributed by atoms with Crippen molar-refractivity contribution in [3.8, 4) is 0 Å². The summed E-state index contributed by atoms with van der Waals surface area (Å²) in [6.07, 6.45) is 9.77. The molecule has 1 saturated carbocycles. The number of carbonyl (C=O) groups excluding carboxylic acids is 1. The normalized spacial score (nSPS) is 18.5.